The SMILES string of the molecule is Cc1ccc(S(=O)(=O)N(OC(=O)C(F)(F)F)C23CCC(C#N)(C2)C3)cc1-c1cnc2c(N)nc(C(F)(F)F)cn12. The molecule has 2 bridgehead atoms. The maximum absolute atomic E-state index is 13.7. The van der Waals surface area contributed by atoms with Gasteiger partial charge in [0.1, 0.15) is 0 Å². The average Bonchev–Trinajstić information content (AvgIpc) is 3.53. The number of imidazole rings is 1. The van der Waals surface area contributed by atoms with Crippen LogP contribution in [0.4, 0.5) is 32.2 Å². The molecule has 3 aromatic rings. The second-order valence-corrected chi connectivity index (χ2v) is 11.7. The first kappa shape index (κ1) is 27.6. The van der Waals surface area contributed by atoms with Gasteiger partial charge in [0, 0.05) is 11.8 Å². The Morgan fingerprint density at radius 2 is 1.88 bits per heavy atom. The minimum absolute atomic E-state index is 0.0193. The van der Waals surface area contributed by atoms with Crippen molar-refractivity contribution >= 4 is 27.5 Å². The van der Waals surface area contributed by atoms with E-state index in [1.54, 1.807) is 0 Å². The Morgan fingerprint density at radius 3 is 2.45 bits per heavy atom. The molecule has 17 heteroatoms. The molecular weight excluding hydrogens is 570 g/mol. The van der Waals surface area contributed by atoms with E-state index in [9.17, 15) is 44.8 Å². The first-order chi connectivity index (χ1) is 18.4. The summed E-state index contributed by atoms with van der Waals surface area (Å²) in [5.41, 5.74) is 2.06. The number of aromatic nitrogens is 3. The molecule has 3 fully saturated rings. The molecule has 0 spiro atoms. The van der Waals surface area contributed by atoms with Crippen LogP contribution in [0.25, 0.3) is 16.9 Å². The molecule has 0 amide bonds. The van der Waals surface area contributed by atoms with E-state index in [2.05, 4.69) is 14.8 Å². The minimum atomic E-state index is -5.52. The molecule has 1 aromatic carbocycles. The van der Waals surface area contributed by atoms with Gasteiger partial charge in [-0.05, 0) is 54.8 Å². The monoisotopic (exact) mass is 588 g/mol. The fourth-order valence-electron chi connectivity index (χ4n) is 5.40. The molecule has 0 unspecified atom stereocenters. The highest BCUT2D eigenvalue weighted by Crippen LogP contribution is 2.64. The largest absolute Gasteiger partial charge is 0.492 e. The van der Waals surface area contributed by atoms with Crippen LogP contribution < -0.4 is 5.73 Å². The quantitative estimate of drug-likeness (QED) is 0.346. The smallest absolute Gasteiger partial charge is 0.381 e. The number of hydrogen-bond donors (Lipinski definition) is 1. The number of sulfonamides is 1. The van der Waals surface area contributed by atoms with Gasteiger partial charge >= 0.3 is 18.3 Å². The number of nitrogens with two attached hydrogens (primary N) is 1. The summed E-state index contributed by atoms with van der Waals surface area (Å²) in [4.78, 5) is 22.9. The van der Waals surface area contributed by atoms with Crippen LogP contribution in [-0.2, 0) is 25.8 Å². The zero-order valence-electron chi connectivity index (χ0n) is 20.3. The number of hydrogen-bond acceptors (Lipinski definition) is 8. The van der Waals surface area contributed by atoms with E-state index in [0.29, 0.717) is 11.8 Å². The third-order valence-corrected chi connectivity index (χ3v) is 8.98. The Balaban J connectivity index is 1.63. The Labute approximate surface area is 222 Å². The number of alkyl halides is 6. The van der Waals surface area contributed by atoms with E-state index in [4.69, 9.17) is 5.73 Å². The Kier molecular flexibility index (Phi) is 5.91. The lowest BCUT2D eigenvalue weighted by atomic mass is 9.66. The first-order valence-electron chi connectivity index (χ1n) is 11.5. The highest BCUT2D eigenvalue weighted by atomic mass is 32.2. The first-order valence-corrected chi connectivity index (χ1v) is 12.9. The number of nitrogens with zero attached hydrogens (tertiary/aromatic N) is 5. The molecule has 2 aromatic heterocycles. The maximum atomic E-state index is 13.7. The molecule has 0 radical (unpaired) electrons. The summed E-state index contributed by atoms with van der Waals surface area (Å²) in [6, 6.07) is 5.41. The zero-order chi connectivity index (χ0) is 29.5. The van der Waals surface area contributed by atoms with E-state index < -0.39 is 55.7 Å². The topological polar surface area (TPSA) is 144 Å². The number of hydroxylamine groups is 1. The predicted molar refractivity (Wildman–Crippen MR) is 123 cm³/mol. The summed E-state index contributed by atoms with van der Waals surface area (Å²) in [6.07, 6.45) is -8.73. The number of carbonyl (C=O) groups is 1. The van der Waals surface area contributed by atoms with Gasteiger partial charge < -0.3 is 10.6 Å². The van der Waals surface area contributed by atoms with Gasteiger partial charge in [0.2, 0.25) is 0 Å². The Morgan fingerprint density at radius 1 is 1.20 bits per heavy atom. The summed E-state index contributed by atoms with van der Waals surface area (Å²) in [5.74, 6) is -3.30. The molecule has 212 valence electrons. The van der Waals surface area contributed by atoms with Gasteiger partial charge in [0.25, 0.3) is 10.0 Å². The van der Waals surface area contributed by atoms with E-state index in [1.807, 2.05) is 6.07 Å². The predicted octanol–water partition coefficient (Wildman–Crippen LogP) is 4.15. The van der Waals surface area contributed by atoms with Gasteiger partial charge in [0.15, 0.2) is 17.2 Å². The van der Waals surface area contributed by atoms with E-state index in [1.165, 1.54) is 13.0 Å². The summed E-state index contributed by atoms with van der Waals surface area (Å²) in [6.45, 7) is 1.52. The van der Waals surface area contributed by atoms with Crippen LogP contribution in [0.3, 0.4) is 0 Å². The second kappa shape index (κ2) is 8.54. The summed E-state index contributed by atoms with van der Waals surface area (Å²) in [5, 5.41) is 9.44. The van der Waals surface area contributed by atoms with Gasteiger partial charge in [-0.1, -0.05) is 6.07 Å². The van der Waals surface area contributed by atoms with E-state index in [0.717, 1.165) is 22.7 Å². The normalized spacial score (nSPS) is 22.8. The number of fused-ring (bicyclic) bond motifs is 2. The third-order valence-electron chi connectivity index (χ3n) is 7.24. The van der Waals surface area contributed by atoms with Crippen LogP contribution in [0, 0.1) is 23.7 Å². The van der Waals surface area contributed by atoms with Crippen molar-refractivity contribution in [3.8, 4) is 17.3 Å². The van der Waals surface area contributed by atoms with Crippen molar-refractivity contribution in [1.82, 2.24) is 18.8 Å². The van der Waals surface area contributed by atoms with Crippen LogP contribution >= 0.6 is 0 Å². The van der Waals surface area contributed by atoms with Crippen molar-refractivity contribution in [3.63, 3.8) is 0 Å². The molecule has 3 aliphatic rings. The molecular formula is C23H18F6N6O4S. The van der Waals surface area contributed by atoms with Gasteiger partial charge in [-0.3, -0.25) is 4.40 Å². The van der Waals surface area contributed by atoms with Gasteiger partial charge in [-0.15, -0.1) is 0 Å². The lowest BCUT2D eigenvalue weighted by Gasteiger charge is -2.47. The number of nitrogen functional groups attached to an aromatic ring is 1. The van der Waals surface area contributed by atoms with Gasteiger partial charge in [-0.25, -0.2) is 23.2 Å². The number of aryl methyl sites for hydroxylation is 1. The van der Waals surface area contributed by atoms with Crippen molar-refractivity contribution in [1.29, 1.82) is 5.26 Å². The summed E-state index contributed by atoms with van der Waals surface area (Å²) >= 11 is 0. The molecule has 10 nitrogen and oxygen atoms in total. The van der Waals surface area contributed by atoms with Crippen molar-refractivity contribution in [2.24, 2.45) is 5.41 Å². The molecule has 3 aliphatic carbocycles. The standard InChI is InChI=1S/C23H18F6N6O4S/c1-12-2-3-13(6-14(12)15-7-32-18-17(31)33-16(8-34(15)18)22(24,25)26)40(37,38)35(39-19(36)23(27,28)29)21-5-4-20(9-21,10-21)11-30/h2-3,6-8H,4-5,9-10H2,1H3,(H2,31,33). The molecule has 0 atom stereocenters. The highest BCUT2D eigenvalue weighted by Gasteiger charge is 2.68. The average molecular weight is 588 g/mol. The van der Waals surface area contributed by atoms with Crippen molar-refractivity contribution in [2.75, 3.05) is 5.73 Å². The summed E-state index contributed by atoms with van der Waals surface area (Å²) < 4.78 is 108. The summed E-state index contributed by atoms with van der Waals surface area (Å²) in [7, 11) is -4.98. The highest BCUT2D eigenvalue weighted by molar-refractivity contribution is 7.89. The number of carbonyl (C=O) groups excluding carboxylic acids is 1. The molecule has 6 rings (SSSR count). The number of nitriles is 1. The molecule has 2 N–H and O–H groups in total. The number of halogens is 6. The molecule has 3 saturated carbocycles. The zero-order valence-corrected chi connectivity index (χ0v) is 21.2. The fourth-order valence-corrected chi connectivity index (χ4v) is 6.99. The third kappa shape index (κ3) is 4.22. The Hall–Kier alpha value is -3.91. The van der Waals surface area contributed by atoms with Crippen LogP contribution in [0.2, 0.25) is 0 Å². The van der Waals surface area contributed by atoms with Gasteiger partial charge in [0.05, 0.1) is 33.8 Å². The van der Waals surface area contributed by atoms with E-state index in [-0.39, 0.29) is 47.1 Å². The van der Waals surface area contributed by atoms with Crippen LogP contribution in [0.1, 0.15) is 36.9 Å². The molecule has 2 heterocycles. The van der Waals surface area contributed by atoms with Gasteiger partial charge in [-0.2, -0.15) is 31.6 Å². The Bertz CT molecular complexity index is 1700. The maximum Gasteiger partial charge on any atom is 0.492 e. The number of anilines is 1. The minimum Gasteiger partial charge on any atom is -0.381 e. The number of benzene rings is 1. The van der Waals surface area contributed by atoms with Crippen LogP contribution in [0.15, 0.2) is 35.5 Å². The van der Waals surface area contributed by atoms with Crippen LogP contribution in [0.5, 0.6) is 0 Å². The second-order valence-electron chi connectivity index (χ2n) is 9.90. The molecule has 40 heavy (non-hydrogen) atoms. The van der Waals surface area contributed by atoms with Crippen LogP contribution in [-0.4, -0.2) is 44.9 Å². The van der Waals surface area contributed by atoms with E-state index >= 15 is 0 Å². The molecule has 0 aliphatic heterocycles. The fraction of sp³-hybridized carbons (Fsp3) is 0.391. The van der Waals surface area contributed by atoms with Crippen molar-refractivity contribution < 1.29 is 44.4 Å². The van der Waals surface area contributed by atoms with Crippen molar-refractivity contribution in [2.45, 2.75) is 55.4 Å². The number of rotatable bonds is 5. The molecule has 0 saturated heterocycles. The van der Waals surface area contributed by atoms with Crippen molar-refractivity contribution in [3.05, 3.63) is 41.9 Å². The lowest BCUT2D eigenvalue weighted by Crippen LogP contribution is -2.58. The lowest BCUT2D eigenvalue weighted by molar-refractivity contribution is -0.241.